The Balaban J connectivity index is 2.46. The SMILES string of the molecule is CCCCNC(=O)[C@@H](CC)N(Cc1cccc(OC)c1)C(=O)CN(c1cc(C)ccc1C)S(C)(=O)=O. The predicted octanol–water partition coefficient (Wildman–Crippen LogP) is 3.80. The molecule has 1 N–H and O–H groups in total. The van der Waals surface area contributed by atoms with E-state index in [0.29, 0.717) is 24.4 Å². The lowest BCUT2D eigenvalue weighted by molar-refractivity contribution is -0.140. The van der Waals surface area contributed by atoms with Crippen molar-refractivity contribution in [3.63, 3.8) is 0 Å². The van der Waals surface area contributed by atoms with E-state index in [1.165, 1.54) is 4.90 Å². The molecule has 0 aliphatic rings. The van der Waals surface area contributed by atoms with Gasteiger partial charge in [0.15, 0.2) is 0 Å². The van der Waals surface area contributed by atoms with Gasteiger partial charge in [-0.15, -0.1) is 0 Å². The molecule has 2 rings (SSSR count). The molecule has 0 saturated carbocycles. The third kappa shape index (κ3) is 7.98. The lowest BCUT2D eigenvalue weighted by atomic mass is 10.1. The zero-order valence-corrected chi connectivity index (χ0v) is 23.0. The van der Waals surface area contributed by atoms with Gasteiger partial charge in [-0.25, -0.2) is 8.42 Å². The van der Waals surface area contributed by atoms with Crippen molar-refractivity contribution in [2.75, 3.05) is 30.8 Å². The number of anilines is 1. The summed E-state index contributed by atoms with van der Waals surface area (Å²) in [4.78, 5) is 28.3. The smallest absolute Gasteiger partial charge is 0.244 e. The molecule has 0 aromatic heterocycles. The second-order valence-electron chi connectivity index (χ2n) is 9.00. The van der Waals surface area contributed by atoms with Gasteiger partial charge >= 0.3 is 0 Å². The van der Waals surface area contributed by atoms with Crippen LogP contribution in [0.3, 0.4) is 0 Å². The molecule has 0 radical (unpaired) electrons. The Hall–Kier alpha value is -3.07. The number of rotatable bonds is 13. The maximum absolute atomic E-state index is 13.8. The van der Waals surface area contributed by atoms with Crippen LogP contribution in [0.15, 0.2) is 42.5 Å². The second-order valence-corrected chi connectivity index (χ2v) is 10.9. The first-order chi connectivity index (χ1) is 17.0. The van der Waals surface area contributed by atoms with Crippen LogP contribution < -0.4 is 14.4 Å². The first-order valence-electron chi connectivity index (χ1n) is 12.3. The summed E-state index contributed by atoms with van der Waals surface area (Å²) in [6, 6.07) is 12.0. The molecule has 0 bridgehead atoms. The Morgan fingerprint density at radius 3 is 2.42 bits per heavy atom. The first kappa shape index (κ1) is 29.2. The Labute approximate surface area is 215 Å². The largest absolute Gasteiger partial charge is 0.497 e. The Kier molecular flexibility index (Phi) is 10.8. The van der Waals surface area contributed by atoms with Crippen LogP contribution in [0.5, 0.6) is 5.75 Å². The summed E-state index contributed by atoms with van der Waals surface area (Å²) in [6.07, 6.45) is 3.24. The van der Waals surface area contributed by atoms with E-state index >= 15 is 0 Å². The van der Waals surface area contributed by atoms with Crippen molar-refractivity contribution in [2.24, 2.45) is 0 Å². The van der Waals surface area contributed by atoms with Crippen LogP contribution in [0.1, 0.15) is 49.8 Å². The quantitative estimate of drug-likeness (QED) is 0.408. The summed E-state index contributed by atoms with van der Waals surface area (Å²) in [7, 11) is -2.21. The number of hydrogen-bond donors (Lipinski definition) is 1. The van der Waals surface area contributed by atoms with Crippen LogP contribution >= 0.6 is 0 Å². The topological polar surface area (TPSA) is 96.0 Å². The van der Waals surface area contributed by atoms with E-state index in [1.54, 1.807) is 25.3 Å². The van der Waals surface area contributed by atoms with Gasteiger partial charge in [-0.3, -0.25) is 13.9 Å². The Morgan fingerprint density at radius 1 is 1.08 bits per heavy atom. The summed E-state index contributed by atoms with van der Waals surface area (Å²) >= 11 is 0. The van der Waals surface area contributed by atoms with Crippen molar-refractivity contribution in [1.82, 2.24) is 10.2 Å². The third-order valence-corrected chi connectivity index (χ3v) is 7.14. The zero-order chi connectivity index (χ0) is 26.9. The summed E-state index contributed by atoms with van der Waals surface area (Å²) in [5.41, 5.74) is 2.85. The molecule has 2 aromatic rings. The number of carbonyl (C=O) groups excluding carboxylic acids is 2. The highest BCUT2D eigenvalue weighted by Gasteiger charge is 2.32. The minimum atomic E-state index is -3.77. The van der Waals surface area contributed by atoms with Crippen molar-refractivity contribution >= 4 is 27.5 Å². The van der Waals surface area contributed by atoms with E-state index in [-0.39, 0.29) is 12.5 Å². The van der Waals surface area contributed by atoms with Gasteiger partial charge in [0.05, 0.1) is 19.1 Å². The number of unbranched alkanes of at least 4 members (excludes halogenated alkanes) is 1. The molecule has 0 aliphatic heterocycles. The molecule has 8 nitrogen and oxygen atoms in total. The molecule has 36 heavy (non-hydrogen) atoms. The van der Waals surface area contributed by atoms with E-state index in [1.807, 2.05) is 52.0 Å². The molecule has 198 valence electrons. The molecule has 2 amide bonds. The van der Waals surface area contributed by atoms with Crippen molar-refractivity contribution in [2.45, 2.75) is 59.5 Å². The number of ether oxygens (including phenoxy) is 1. The van der Waals surface area contributed by atoms with Gasteiger partial charge in [-0.2, -0.15) is 0 Å². The lowest BCUT2D eigenvalue weighted by Gasteiger charge is -2.33. The van der Waals surface area contributed by atoms with Crippen LogP contribution in [0.25, 0.3) is 0 Å². The fraction of sp³-hybridized carbons (Fsp3) is 0.481. The maximum atomic E-state index is 13.8. The highest BCUT2D eigenvalue weighted by molar-refractivity contribution is 7.92. The van der Waals surface area contributed by atoms with Gasteiger partial charge in [0, 0.05) is 13.1 Å². The standard InChI is InChI=1S/C27H39N3O5S/c1-7-9-15-28-27(32)24(8-2)29(18-22-11-10-12-23(17-22)35-5)26(31)19-30(36(6,33)34)25-16-20(3)13-14-21(25)4/h10-14,16-17,24H,7-9,15,18-19H2,1-6H3,(H,28,32)/t24-/m1/s1. The number of benzene rings is 2. The predicted molar refractivity (Wildman–Crippen MR) is 144 cm³/mol. The van der Waals surface area contributed by atoms with E-state index < -0.39 is 28.5 Å². The average molecular weight is 518 g/mol. The summed E-state index contributed by atoms with van der Waals surface area (Å²) in [5, 5.41) is 2.92. The molecule has 0 saturated heterocycles. The maximum Gasteiger partial charge on any atom is 0.244 e. The van der Waals surface area contributed by atoms with Crippen LogP contribution in [0.4, 0.5) is 5.69 Å². The van der Waals surface area contributed by atoms with Gasteiger partial charge in [0.1, 0.15) is 18.3 Å². The summed E-state index contributed by atoms with van der Waals surface area (Å²) in [5.74, 6) is -0.0741. The van der Waals surface area contributed by atoms with Crippen molar-refractivity contribution in [3.05, 3.63) is 59.2 Å². The number of amides is 2. The Bertz CT molecular complexity index is 1150. The molecule has 0 heterocycles. The number of hydrogen-bond acceptors (Lipinski definition) is 5. The molecular weight excluding hydrogens is 478 g/mol. The van der Waals surface area contributed by atoms with Crippen molar-refractivity contribution in [3.8, 4) is 5.75 Å². The lowest BCUT2D eigenvalue weighted by Crippen LogP contribution is -2.52. The minimum absolute atomic E-state index is 0.139. The average Bonchev–Trinajstić information content (AvgIpc) is 2.83. The van der Waals surface area contributed by atoms with Gasteiger partial charge < -0.3 is 15.0 Å². The molecule has 0 spiro atoms. The summed E-state index contributed by atoms with van der Waals surface area (Å²) in [6.45, 7) is 7.80. The minimum Gasteiger partial charge on any atom is -0.497 e. The van der Waals surface area contributed by atoms with Crippen molar-refractivity contribution < 1.29 is 22.7 Å². The molecule has 1 atom stereocenters. The van der Waals surface area contributed by atoms with E-state index in [2.05, 4.69) is 5.32 Å². The van der Waals surface area contributed by atoms with E-state index in [9.17, 15) is 18.0 Å². The van der Waals surface area contributed by atoms with Crippen LogP contribution in [-0.2, 0) is 26.2 Å². The third-order valence-electron chi connectivity index (χ3n) is 6.02. The van der Waals surface area contributed by atoms with Crippen LogP contribution in [0.2, 0.25) is 0 Å². The normalized spacial score (nSPS) is 12.1. The van der Waals surface area contributed by atoms with Gasteiger partial charge in [0.2, 0.25) is 21.8 Å². The second kappa shape index (κ2) is 13.3. The molecule has 0 aliphatic carbocycles. The monoisotopic (exact) mass is 517 g/mol. The molecular formula is C27H39N3O5S. The van der Waals surface area contributed by atoms with Gasteiger partial charge in [-0.05, 0) is 61.6 Å². The van der Waals surface area contributed by atoms with Crippen LogP contribution in [0, 0.1) is 13.8 Å². The van der Waals surface area contributed by atoms with E-state index in [4.69, 9.17) is 4.74 Å². The number of aryl methyl sites for hydroxylation is 2. The molecule has 0 unspecified atom stereocenters. The number of nitrogens with one attached hydrogen (secondary N) is 1. The van der Waals surface area contributed by atoms with Gasteiger partial charge in [-0.1, -0.05) is 44.5 Å². The fourth-order valence-corrected chi connectivity index (χ4v) is 4.88. The molecule has 0 fully saturated rings. The Morgan fingerprint density at radius 2 is 1.81 bits per heavy atom. The number of methoxy groups -OCH3 is 1. The van der Waals surface area contributed by atoms with Crippen LogP contribution in [-0.4, -0.2) is 57.6 Å². The highest BCUT2D eigenvalue weighted by atomic mass is 32.2. The first-order valence-corrected chi connectivity index (χ1v) is 14.1. The van der Waals surface area contributed by atoms with Gasteiger partial charge in [0.25, 0.3) is 0 Å². The highest BCUT2D eigenvalue weighted by Crippen LogP contribution is 2.25. The zero-order valence-electron chi connectivity index (χ0n) is 22.2. The molecule has 9 heteroatoms. The number of sulfonamides is 1. The van der Waals surface area contributed by atoms with E-state index in [0.717, 1.165) is 40.1 Å². The number of nitrogens with zero attached hydrogens (tertiary/aromatic N) is 2. The fourth-order valence-electron chi connectivity index (χ4n) is 3.98. The summed E-state index contributed by atoms with van der Waals surface area (Å²) < 4.78 is 32.0. The molecule has 2 aromatic carbocycles. The van der Waals surface area contributed by atoms with Crippen molar-refractivity contribution in [1.29, 1.82) is 0 Å². The number of carbonyl (C=O) groups is 2.